The number of ether oxygens (including phenoxy) is 3. The van der Waals surface area contributed by atoms with Crippen molar-refractivity contribution in [3.63, 3.8) is 0 Å². The highest BCUT2D eigenvalue weighted by Gasteiger charge is 2.27. The van der Waals surface area contributed by atoms with Crippen LogP contribution in [0.4, 0.5) is 0 Å². The maximum Gasteiger partial charge on any atom is 0.257 e. The van der Waals surface area contributed by atoms with Crippen molar-refractivity contribution < 1.29 is 27.4 Å². The number of nitrogens with one attached hydrogen (secondary N) is 1. The Balaban J connectivity index is 1.49. The predicted molar refractivity (Wildman–Crippen MR) is 116 cm³/mol. The molecule has 0 aromatic heterocycles. The molecule has 0 unspecified atom stereocenters. The summed E-state index contributed by atoms with van der Waals surface area (Å²) >= 11 is 6.19. The molecule has 1 aliphatic rings. The number of morpholine rings is 1. The van der Waals surface area contributed by atoms with Crippen molar-refractivity contribution in [2.75, 3.05) is 46.6 Å². The minimum absolute atomic E-state index is 0.0793. The van der Waals surface area contributed by atoms with Gasteiger partial charge >= 0.3 is 0 Å². The number of sulfonamides is 1. The number of halogens is 1. The topological polar surface area (TPSA) is 94.2 Å². The van der Waals surface area contributed by atoms with E-state index in [4.69, 9.17) is 25.8 Å². The van der Waals surface area contributed by atoms with Crippen molar-refractivity contribution in [1.82, 2.24) is 9.62 Å². The summed E-state index contributed by atoms with van der Waals surface area (Å²) in [5, 5.41) is 2.90. The quantitative estimate of drug-likeness (QED) is 0.605. The Morgan fingerprint density at radius 2 is 1.87 bits per heavy atom. The van der Waals surface area contributed by atoms with Gasteiger partial charge in [0.25, 0.3) is 5.91 Å². The molecule has 0 spiro atoms. The third-order valence-corrected chi connectivity index (χ3v) is 6.95. The van der Waals surface area contributed by atoms with Gasteiger partial charge in [0.1, 0.15) is 11.5 Å². The van der Waals surface area contributed by atoms with Gasteiger partial charge in [-0.05, 0) is 42.3 Å². The average molecular weight is 469 g/mol. The first-order chi connectivity index (χ1) is 14.9. The second-order valence-corrected chi connectivity index (χ2v) is 9.19. The molecule has 3 rings (SSSR count). The zero-order valence-corrected chi connectivity index (χ0v) is 18.7. The third-order valence-electron chi connectivity index (χ3n) is 4.76. The minimum atomic E-state index is -3.65. The van der Waals surface area contributed by atoms with Gasteiger partial charge in [0, 0.05) is 19.6 Å². The van der Waals surface area contributed by atoms with E-state index in [1.165, 1.54) is 22.5 Å². The lowest BCUT2D eigenvalue weighted by atomic mass is 10.1. The normalized spacial score (nSPS) is 14.8. The summed E-state index contributed by atoms with van der Waals surface area (Å²) < 4.78 is 42.5. The van der Waals surface area contributed by atoms with Gasteiger partial charge in [-0.25, -0.2) is 8.42 Å². The molecule has 1 heterocycles. The van der Waals surface area contributed by atoms with Gasteiger partial charge in [0.15, 0.2) is 6.61 Å². The summed E-state index contributed by atoms with van der Waals surface area (Å²) in [4.78, 5) is 12.1. The fraction of sp³-hybridized carbons (Fsp3) is 0.381. The molecule has 0 atom stereocenters. The third kappa shape index (κ3) is 6.33. The van der Waals surface area contributed by atoms with Crippen LogP contribution in [0.3, 0.4) is 0 Å². The molecule has 1 aliphatic heterocycles. The fourth-order valence-corrected chi connectivity index (χ4v) is 4.76. The lowest BCUT2D eigenvalue weighted by Gasteiger charge is -2.26. The summed E-state index contributed by atoms with van der Waals surface area (Å²) in [7, 11) is -2.04. The molecule has 0 aliphatic carbocycles. The molecular weight excluding hydrogens is 444 g/mol. The highest BCUT2D eigenvalue weighted by atomic mass is 35.5. The summed E-state index contributed by atoms with van der Waals surface area (Å²) in [5.74, 6) is 0.726. The number of methoxy groups -OCH3 is 1. The van der Waals surface area contributed by atoms with Crippen molar-refractivity contribution in [1.29, 1.82) is 0 Å². The number of benzene rings is 2. The molecule has 0 radical (unpaired) electrons. The zero-order valence-electron chi connectivity index (χ0n) is 17.2. The molecule has 10 heteroatoms. The molecular formula is C21H25ClN2O6S. The molecule has 168 valence electrons. The second kappa shape index (κ2) is 10.8. The number of amides is 1. The number of carbonyl (C=O) groups excluding carboxylic acids is 1. The largest absolute Gasteiger partial charge is 0.497 e. The Morgan fingerprint density at radius 1 is 1.16 bits per heavy atom. The van der Waals surface area contributed by atoms with Crippen LogP contribution in [-0.2, 0) is 26.0 Å². The summed E-state index contributed by atoms with van der Waals surface area (Å²) in [6.45, 7) is 1.56. The molecule has 2 aromatic carbocycles. The van der Waals surface area contributed by atoms with Crippen molar-refractivity contribution in [3.05, 3.63) is 53.1 Å². The maximum atomic E-state index is 12.7. The van der Waals surface area contributed by atoms with E-state index in [2.05, 4.69) is 5.32 Å². The Labute approximate surface area is 187 Å². The number of carbonyl (C=O) groups is 1. The Hall–Kier alpha value is -2.33. The molecule has 1 fully saturated rings. The van der Waals surface area contributed by atoms with Crippen LogP contribution in [0.5, 0.6) is 11.5 Å². The molecule has 31 heavy (non-hydrogen) atoms. The van der Waals surface area contributed by atoms with E-state index < -0.39 is 10.0 Å². The standard InChI is InChI=1S/C21H25ClN2O6S/c1-28-17-4-2-16(3-5-17)8-9-23-21(25)15-30-20-7-6-18(14-19(20)22)31(26,27)24-10-12-29-13-11-24/h2-7,14H,8-13,15H2,1H3,(H,23,25). The lowest BCUT2D eigenvalue weighted by molar-refractivity contribution is -0.123. The van der Waals surface area contributed by atoms with Crippen molar-refractivity contribution in [2.45, 2.75) is 11.3 Å². The van der Waals surface area contributed by atoms with Crippen molar-refractivity contribution >= 4 is 27.5 Å². The van der Waals surface area contributed by atoms with Gasteiger partial charge in [-0.2, -0.15) is 4.31 Å². The predicted octanol–water partition coefficient (Wildman–Crippen LogP) is 2.11. The van der Waals surface area contributed by atoms with E-state index in [9.17, 15) is 13.2 Å². The van der Waals surface area contributed by atoms with E-state index >= 15 is 0 Å². The van der Waals surface area contributed by atoms with E-state index in [-0.39, 0.29) is 28.2 Å². The van der Waals surface area contributed by atoms with Crippen LogP contribution < -0.4 is 14.8 Å². The van der Waals surface area contributed by atoms with Gasteiger partial charge < -0.3 is 19.5 Å². The lowest BCUT2D eigenvalue weighted by Crippen LogP contribution is -2.40. The Kier molecular flexibility index (Phi) is 8.14. The van der Waals surface area contributed by atoms with Gasteiger partial charge in [0.2, 0.25) is 10.0 Å². The summed E-state index contributed by atoms with van der Waals surface area (Å²) in [5.41, 5.74) is 1.07. The van der Waals surface area contributed by atoms with Crippen molar-refractivity contribution in [2.24, 2.45) is 0 Å². The molecule has 0 saturated carbocycles. The molecule has 8 nitrogen and oxygen atoms in total. The van der Waals surface area contributed by atoms with Crippen LogP contribution in [0.25, 0.3) is 0 Å². The fourth-order valence-electron chi connectivity index (χ4n) is 3.03. The Bertz CT molecular complexity index is 991. The van der Waals surface area contributed by atoms with Crippen LogP contribution >= 0.6 is 11.6 Å². The summed E-state index contributed by atoms with van der Waals surface area (Å²) in [6.07, 6.45) is 0.671. The number of nitrogens with zero attached hydrogens (tertiary/aromatic N) is 1. The number of rotatable bonds is 9. The Morgan fingerprint density at radius 3 is 2.52 bits per heavy atom. The maximum absolute atomic E-state index is 12.7. The van der Waals surface area contributed by atoms with Crippen LogP contribution in [0.1, 0.15) is 5.56 Å². The van der Waals surface area contributed by atoms with E-state index in [1.54, 1.807) is 7.11 Å². The smallest absolute Gasteiger partial charge is 0.257 e. The monoisotopic (exact) mass is 468 g/mol. The first-order valence-electron chi connectivity index (χ1n) is 9.80. The average Bonchev–Trinajstić information content (AvgIpc) is 2.79. The highest BCUT2D eigenvalue weighted by Crippen LogP contribution is 2.29. The molecule has 1 N–H and O–H groups in total. The van der Waals surface area contributed by atoms with Gasteiger partial charge in [0.05, 0.1) is 30.2 Å². The van der Waals surface area contributed by atoms with Crippen LogP contribution in [0.15, 0.2) is 47.4 Å². The van der Waals surface area contributed by atoms with Gasteiger partial charge in [-0.3, -0.25) is 4.79 Å². The molecule has 0 bridgehead atoms. The summed E-state index contributed by atoms with van der Waals surface area (Å²) in [6, 6.07) is 11.8. The van der Waals surface area contributed by atoms with Crippen LogP contribution in [0, 0.1) is 0 Å². The van der Waals surface area contributed by atoms with Crippen molar-refractivity contribution in [3.8, 4) is 11.5 Å². The molecule has 1 saturated heterocycles. The van der Waals surface area contributed by atoms with Gasteiger partial charge in [-0.15, -0.1) is 0 Å². The van der Waals surface area contributed by atoms with E-state index in [0.717, 1.165) is 11.3 Å². The second-order valence-electron chi connectivity index (χ2n) is 6.85. The molecule has 2 aromatic rings. The molecule has 1 amide bonds. The van der Waals surface area contributed by atoms with E-state index in [0.29, 0.717) is 39.3 Å². The SMILES string of the molecule is COc1ccc(CCNC(=O)COc2ccc(S(=O)(=O)N3CCOCC3)cc2Cl)cc1. The van der Waals surface area contributed by atoms with Crippen LogP contribution in [-0.4, -0.2) is 65.2 Å². The highest BCUT2D eigenvalue weighted by molar-refractivity contribution is 7.89. The van der Waals surface area contributed by atoms with Crippen LogP contribution in [0.2, 0.25) is 5.02 Å². The van der Waals surface area contributed by atoms with E-state index in [1.807, 2.05) is 24.3 Å². The number of hydrogen-bond donors (Lipinski definition) is 1. The first-order valence-corrected chi connectivity index (χ1v) is 11.6. The zero-order chi connectivity index (χ0) is 22.3. The minimum Gasteiger partial charge on any atom is -0.497 e. The number of hydrogen-bond acceptors (Lipinski definition) is 6. The van der Waals surface area contributed by atoms with Gasteiger partial charge in [-0.1, -0.05) is 23.7 Å². The first kappa shape index (κ1) is 23.3.